The molecule has 0 aliphatic rings. The van der Waals surface area contributed by atoms with Crippen molar-refractivity contribution in [3.05, 3.63) is 51.5 Å². The van der Waals surface area contributed by atoms with Gasteiger partial charge in [0.05, 0.1) is 35.5 Å². The lowest BCUT2D eigenvalue weighted by molar-refractivity contribution is 0.0697. The summed E-state index contributed by atoms with van der Waals surface area (Å²) < 4.78 is 10.4. The van der Waals surface area contributed by atoms with E-state index in [1.165, 1.54) is 32.4 Å². The molecule has 0 bridgehead atoms. The number of anilines is 1. The molecule has 0 aliphatic heterocycles. The number of halogens is 2. The van der Waals surface area contributed by atoms with Crippen molar-refractivity contribution >= 4 is 34.9 Å². The van der Waals surface area contributed by atoms with E-state index in [1.54, 1.807) is 12.1 Å². The van der Waals surface area contributed by atoms with Crippen LogP contribution < -0.4 is 14.8 Å². The highest BCUT2D eigenvalue weighted by molar-refractivity contribution is 6.33. The first kappa shape index (κ1) is 17.2. The van der Waals surface area contributed by atoms with Gasteiger partial charge in [-0.25, -0.2) is 4.79 Å². The number of hydrogen-bond donors (Lipinski definition) is 2. The fourth-order valence-electron chi connectivity index (χ4n) is 2.06. The minimum absolute atomic E-state index is 0.155. The highest BCUT2D eigenvalue weighted by Gasteiger charge is 2.12. The molecule has 0 heterocycles. The highest BCUT2D eigenvalue weighted by Crippen LogP contribution is 2.36. The van der Waals surface area contributed by atoms with Crippen molar-refractivity contribution in [2.24, 2.45) is 0 Å². The molecule has 0 saturated carbocycles. The van der Waals surface area contributed by atoms with Gasteiger partial charge in [-0.15, -0.1) is 0 Å². The zero-order chi connectivity index (χ0) is 17.0. The number of methoxy groups -OCH3 is 2. The fraction of sp³-hybridized carbons (Fsp3) is 0.188. The van der Waals surface area contributed by atoms with Gasteiger partial charge in [-0.3, -0.25) is 0 Å². The van der Waals surface area contributed by atoms with Crippen molar-refractivity contribution in [3.63, 3.8) is 0 Å². The Balaban J connectivity index is 2.23. The Morgan fingerprint density at radius 1 is 1.13 bits per heavy atom. The van der Waals surface area contributed by atoms with Gasteiger partial charge < -0.3 is 19.9 Å². The molecular formula is C16H15Cl2NO4. The highest BCUT2D eigenvalue weighted by atomic mass is 35.5. The van der Waals surface area contributed by atoms with E-state index in [4.69, 9.17) is 37.8 Å². The second kappa shape index (κ2) is 7.44. The van der Waals surface area contributed by atoms with E-state index in [0.29, 0.717) is 33.8 Å². The monoisotopic (exact) mass is 355 g/mol. The average Bonchev–Trinajstić information content (AvgIpc) is 2.53. The van der Waals surface area contributed by atoms with Crippen LogP contribution in [0.15, 0.2) is 30.3 Å². The third-order valence-electron chi connectivity index (χ3n) is 3.19. The largest absolute Gasteiger partial charge is 0.493 e. The number of rotatable bonds is 6. The molecule has 7 heteroatoms. The Kier molecular flexibility index (Phi) is 5.58. The van der Waals surface area contributed by atoms with E-state index in [0.717, 1.165) is 5.56 Å². The van der Waals surface area contributed by atoms with E-state index in [2.05, 4.69) is 5.32 Å². The first-order valence-electron chi connectivity index (χ1n) is 6.63. The van der Waals surface area contributed by atoms with Crippen LogP contribution in [0.25, 0.3) is 0 Å². The van der Waals surface area contributed by atoms with Gasteiger partial charge in [0.1, 0.15) is 0 Å². The number of carboxylic acids is 1. The van der Waals surface area contributed by atoms with E-state index < -0.39 is 5.97 Å². The molecular weight excluding hydrogens is 341 g/mol. The Hall–Kier alpha value is -2.11. The molecule has 0 aromatic heterocycles. The minimum Gasteiger partial charge on any atom is -0.493 e. The second-order valence-electron chi connectivity index (χ2n) is 4.67. The third kappa shape index (κ3) is 4.00. The maximum Gasteiger partial charge on any atom is 0.335 e. The molecule has 0 fully saturated rings. The Bertz CT molecular complexity index is 734. The van der Waals surface area contributed by atoms with Crippen molar-refractivity contribution in [1.82, 2.24) is 0 Å². The fourth-order valence-corrected chi connectivity index (χ4v) is 2.56. The molecule has 0 atom stereocenters. The summed E-state index contributed by atoms with van der Waals surface area (Å²) in [5, 5.41) is 13.0. The minimum atomic E-state index is -1.01. The van der Waals surface area contributed by atoms with Crippen LogP contribution in [0.3, 0.4) is 0 Å². The molecule has 2 aromatic carbocycles. The van der Waals surface area contributed by atoms with Gasteiger partial charge in [-0.1, -0.05) is 23.2 Å². The Morgan fingerprint density at radius 2 is 1.87 bits per heavy atom. The maximum absolute atomic E-state index is 11.0. The summed E-state index contributed by atoms with van der Waals surface area (Å²) in [4.78, 5) is 11.0. The smallest absolute Gasteiger partial charge is 0.335 e. The van der Waals surface area contributed by atoms with Crippen LogP contribution in [0.5, 0.6) is 11.5 Å². The van der Waals surface area contributed by atoms with E-state index >= 15 is 0 Å². The molecule has 0 spiro atoms. The molecule has 5 nitrogen and oxygen atoms in total. The van der Waals surface area contributed by atoms with Gasteiger partial charge in [0.25, 0.3) is 0 Å². The van der Waals surface area contributed by atoms with Crippen LogP contribution in [0.1, 0.15) is 15.9 Å². The van der Waals surface area contributed by atoms with E-state index in [9.17, 15) is 4.79 Å². The molecule has 0 saturated heterocycles. The van der Waals surface area contributed by atoms with Crippen molar-refractivity contribution in [1.29, 1.82) is 0 Å². The number of carbonyl (C=O) groups is 1. The number of aromatic carboxylic acids is 1. The van der Waals surface area contributed by atoms with Crippen molar-refractivity contribution < 1.29 is 19.4 Å². The lowest BCUT2D eigenvalue weighted by atomic mass is 10.1. The standard InChI is InChI=1S/C16H15Cl2NO4/c1-22-14-6-9(5-12(18)15(14)23-2)8-19-13-7-10(16(20)21)3-4-11(13)17/h3-7,19H,8H2,1-2H3,(H,20,21). The van der Waals surface area contributed by atoms with Crippen LogP contribution in [-0.2, 0) is 6.54 Å². The second-order valence-corrected chi connectivity index (χ2v) is 5.48. The SMILES string of the molecule is COc1cc(CNc2cc(C(=O)O)ccc2Cl)cc(Cl)c1OC. The van der Waals surface area contributed by atoms with Gasteiger partial charge in [-0.2, -0.15) is 0 Å². The Labute approximate surface area is 143 Å². The molecule has 122 valence electrons. The normalized spacial score (nSPS) is 10.3. The van der Waals surface area contributed by atoms with Gasteiger partial charge in [0.15, 0.2) is 11.5 Å². The van der Waals surface area contributed by atoms with Gasteiger partial charge in [0, 0.05) is 6.54 Å². The van der Waals surface area contributed by atoms with Crippen molar-refractivity contribution in [2.45, 2.75) is 6.54 Å². The van der Waals surface area contributed by atoms with Crippen LogP contribution in [0, 0.1) is 0 Å². The summed E-state index contributed by atoms with van der Waals surface area (Å²) in [6.45, 7) is 0.392. The Morgan fingerprint density at radius 3 is 2.48 bits per heavy atom. The average molecular weight is 356 g/mol. The number of ether oxygens (including phenoxy) is 2. The van der Waals surface area contributed by atoms with Crippen LogP contribution in [0.2, 0.25) is 10.0 Å². The van der Waals surface area contributed by atoms with Gasteiger partial charge >= 0.3 is 5.97 Å². The summed E-state index contributed by atoms with van der Waals surface area (Å²) in [5.41, 5.74) is 1.52. The molecule has 2 aromatic rings. The van der Waals surface area contributed by atoms with Gasteiger partial charge in [-0.05, 0) is 35.9 Å². The van der Waals surface area contributed by atoms with Crippen LogP contribution >= 0.6 is 23.2 Å². The van der Waals surface area contributed by atoms with E-state index in [1.807, 2.05) is 0 Å². The zero-order valence-corrected chi connectivity index (χ0v) is 14.0. The first-order chi connectivity index (χ1) is 11.0. The quantitative estimate of drug-likeness (QED) is 0.807. The third-order valence-corrected chi connectivity index (χ3v) is 3.80. The maximum atomic E-state index is 11.0. The summed E-state index contributed by atoms with van der Waals surface area (Å²) in [6.07, 6.45) is 0. The predicted molar refractivity (Wildman–Crippen MR) is 90.3 cm³/mol. The lowest BCUT2D eigenvalue weighted by Crippen LogP contribution is -2.03. The summed E-state index contributed by atoms with van der Waals surface area (Å²) in [6, 6.07) is 7.99. The van der Waals surface area contributed by atoms with Gasteiger partial charge in [0.2, 0.25) is 0 Å². The number of hydrogen-bond acceptors (Lipinski definition) is 4. The number of benzene rings is 2. The summed E-state index contributed by atoms with van der Waals surface area (Å²) in [5.74, 6) is -0.0371. The number of carboxylic acid groups (broad SMARTS) is 1. The molecule has 0 amide bonds. The molecule has 2 N–H and O–H groups in total. The summed E-state index contributed by atoms with van der Waals surface area (Å²) >= 11 is 12.2. The zero-order valence-electron chi connectivity index (χ0n) is 12.5. The summed E-state index contributed by atoms with van der Waals surface area (Å²) in [7, 11) is 3.04. The molecule has 2 rings (SSSR count). The first-order valence-corrected chi connectivity index (χ1v) is 7.39. The molecule has 23 heavy (non-hydrogen) atoms. The van der Waals surface area contributed by atoms with E-state index in [-0.39, 0.29) is 5.56 Å². The van der Waals surface area contributed by atoms with Crippen molar-refractivity contribution in [3.8, 4) is 11.5 Å². The topological polar surface area (TPSA) is 67.8 Å². The van der Waals surface area contributed by atoms with Crippen LogP contribution in [-0.4, -0.2) is 25.3 Å². The van der Waals surface area contributed by atoms with Crippen molar-refractivity contribution in [2.75, 3.05) is 19.5 Å². The predicted octanol–water partition coefficient (Wildman–Crippen LogP) is 4.32. The molecule has 0 radical (unpaired) electrons. The number of nitrogens with one attached hydrogen (secondary N) is 1. The molecule has 0 aliphatic carbocycles. The molecule has 0 unspecified atom stereocenters. The van der Waals surface area contributed by atoms with Crippen LogP contribution in [0.4, 0.5) is 5.69 Å². The lowest BCUT2D eigenvalue weighted by Gasteiger charge is -2.13.